The molecule has 2 aromatic heterocycles. The number of pyridine rings is 1. The second-order valence-electron chi connectivity index (χ2n) is 4.68. The van der Waals surface area contributed by atoms with Crippen molar-refractivity contribution in [1.29, 1.82) is 5.26 Å². The number of carbonyl (C=O) groups is 1. The van der Waals surface area contributed by atoms with Crippen molar-refractivity contribution in [1.82, 2.24) is 0 Å². The van der Waals surface area contributed by atoms with E-state index in [1.807, 2.05) is 30.3 Å². The average Bonchev–Trinajstić information content (AvgIpc) is 2.83. The van der Waals surface area contributed by atoms with E-state index in [-0.39, 0.29) is 16.4 Å². The number of nitrogen functional groups attached to an aromatic ring is 2. The van der Waals surface area contributed by atoms with E-state index < -0.39 is 5.91 Å². The van der Waals surface area contributed by atoms with Gasteiger partial charge in [0, 0.05) is 5.56 Å². The summed E-state index contributed by atoms with van der Waals surface area (Å²) in [6, 6.07) is 11.4. The highest BCUT2D eigenvalue weighted by Crippen LogP contribution is 2.40. The average molecular weight is 310 g/mol. The van der Waals surface area contributed by atoms with E-state index in [4.69, 9.17) is 17.2 Å². The number of nitrogens with one attached hydrogen (secondary N) is 1. The number of anilines is 2. The Bertz CT molecular complexity index is 940. The largest absolute Gasteiger partial charge is 0.397 e. The topological polar surface area (TPSA) is 133 Å². The number of nitrogens with zero attached hydrogens (tertiary/aromatic N) is 1. The monoisotopic (exact) mass is 310 g/mol. The number of amides is 1. The van der Waals surface area contributed by atoms with Gasteiger partial charge in [-0.2, -0.15) is 5.26 Å². The van der Waals surface area contributed by atoms with Crippen molar-refractivity contribution in [3.8, 4) is 17.2 Å². The van der Waals surface area contributed by atoms with Gasteiger partial charge in [-0.15, -0.1) is 0 Å². The quantitative estimate of drug-likeness (QED) is 0.661. The summed E-state index contributed by atoms with van der Waals surface area (Å²) in [5.41, 5.74) is 19.3. The molecule has 0 spiro atoms. The molecule has 0 bridgehead atoms. The van der Waals surface area contributed by atoms with Crippen LogP contribution in [0.4, 0.5) is 11.5 Å². The molecule has 0 aliphatic rings. The summed E-state index contributed by atoms with van der Waals surface area (Å²) in [5.74, 6) is -0.380. The summed E-state index contributed by atoms with van der Waals surface area (Å²) in [7, 11) is 0. The lowest BCUT2D eigenvalue weighted by Gasteiger charge is -2.06. The molecule has 7 heteroatoms. The second-order valence-corrected chi connectivity index (χ2v) is 5.70. The zero-order chi connectivity index (χ0) is 15.9. The maximum Gasteiger partial charge on any atom is 0.290 e. The Morgan fingerprint density at radius 3 is 2.50 bits per heavy atom. The molecule has 1 amide bonds. The summed E-state index contributed by atoms with van der Waals surface area (Å²) >= 11 is 1.13. The third-order valence-corrected chi connectivity index (χ3v) is 4.50. The Morgan fingerprint density at radius 2 is 1.91 bits per heavy atom. The molecule has 0 unspecified atom stereocenters. The molecule has 22 heavy (non-hydrogen) atoms. The van der Waals surface area contributed by atoms with Gasteiger partial charge in [-0.25, -0.2) is 4.98 Å². The van der Waals surface area contributed by atoms with Gasteiger partial charge in [0.05, 0.1) is 11.1 Å². The molecule has 3 aromatic rings. The Morgan fingerprint density at radius 1 is 1.23 bits per heavy atom. The first-order valence-corrected chi connectivity index (χ1v) is 7.18. The molecular formula is C15H12N5OS+. The molecule has 0 aliphatic heterocycles. The van der Waals surface area contributed by atoms with Crippen LogP contribution >= 0.6 is 11.3 Å². The summed E-state index contributed by atoms with van der Waals surface area (Å²) in [4.78, 5) is 15.3. The predicted octanol–water partition coefficient (Wildman–Crippen LogP) is 1.52. The molecule has 1 aromatic carbocycles. The molecule has 0 radical (unpaired) electrons. The van der Waals surface area contributed by atoms with E-state index in [1.54, 1.807) is 0 Å². The van der Waals surface area contributed by atoms with Gasteiger partial charge in [0.2, 0.25) is 0 Å². The van der Waals surface area contributed by atoms with Crippen LogP contribution in [0.15, 0.2) is 30.3 Å². The van der Waals surface area contributed by atoms with Gasteiger partial charge in [0.15, 0.2) is 4.83 Å². The van der Waals surface area contributed by atoms with Gasteiger partial charge >= 0.3 is 0 Å². The molecule has 0 fully saturated rings. The number of hydrogen-bond donors (Lipinski definition) is 3. The zero-order valence-corrected chi connectivity index (χ0v) is 12.2. The standard InChI is InChI=1S/C15H11N5OS/c16-6-8-9(7-4-2-1-3-5-7)10-11(17)12(14(19)21)22-15(10)20-13(8)18/h1-5H,17H2,(H2,18,20)(H2,19,21)/p+1. The van der Waals surface area contributed by atoms with Gasteiger partial charge in [-0.3, -0.25) is 10.5 Å². The molecule has 108 valence electrons. The van der Waals surface area contributed by atoms with Crippen LogP contribution in [0.25, 0.3) is 21.3 Å². The highest BCUT2D eigenvalue weighted by atomic mass is 32.1. The molecule has 3 rings (SSSR count). The van der Waals surface area contributed by atoms with E-state index in [9.17, 15) is 10.1 Å². The Balaban J connectivity index is 2.52. The Labute approximate surface area is 129 Å². The first kappa shape index (κ1) is 13.9. The van der Waals surface area contributed by atoms with Crippen molar-refractivity contribution in [3.05, 3.63) is 40.8 Å². The SMILES string of the molecule is N#Cc1c(N)[nH+]c2sc(C(N)=O)c(N)c2c1-c1ccccc1. The number of carbonyl (C=O) groups excluding carboxylic acids is 1. The molecular weight excluding hydrogens is 298 g/mol. The van der Waals surface area contributed by atoms with Crippen LogP contribution < -0.4 is 22.2 Å². The first-order chi connectivity index (χ1) is 10.5. The van der Waals surface area contributed by atoms with Crippen molar-refractivity contribution in [2.24, 2.45) is 5.73 Å². The number of hydrogen-bond acceptors (Lipinski definition) is 5. The van der Waals surface area contributed by atoms with Crippen molar-refractivity contribution < 1.29 is 9.78 Å². The summed E-state index contributed by atoms with van der Waals surface area (Å²) in [5, 5.41) is 10.0. The van der Waals surface area contributed by atoms with Gasteiger partial charge < -0.3 is 11.5 Å². The minimum absolute atomic E-state index is 0.228. The Kier molecular flexibility index (Phi) is 3.16. The van der Waals surface area contributed by atoms with E-state index in [0.717, 1.165) is 16.9 Å². The minimum Gasteiger partial charge on any atom is -0.397 e. The van der Waals surface area contributed by atoms with Crippen LogP contribution in [0.1, 0.15) is 15.2 Å². The van der Waals surface area contributed by atoms with Crippen molar-refractivity contribution in [3.63, 3.8) is 0 Å². The molecule has 0 aliphatic carbocycles. The van der Waals surface area contributed by atoms with Crippen molar-refractivity contribution in [2.75, 3.05) is 11.5 Å². The highest BCUT2D eigenvalue weighted by molar-refractivity contribution is 7.20. The normalized spacial score (nSPS) is 10.5. The van der Waals surface area contributed by atoms with Crippen LogP contribution in [0.5, 0.6) is 0 Å². The fraction of sp³-hybridized carbons (Fsp3) is 0. The van der Waals surface area contributed by atoms with E-state index in [0.29, 0.717) is 21.3 Å². The molecule has 2 heterocycles. The van der Waals surface area contributed by atoms with E-state index >= 15 is 0 Å². The number of H-pyrrole nitrogens is 1. The van der Waals surface area contributed by atoms with Gasteiger partial charge in [-0.1, -0.05) is 41.7 Å². The number of nitriles is 1. The number of nitrogens with two attached hydrogens (primary N) is 3. The molecule has 6 nitrogen and oxygen atoms in total. The van der Waals surface area contributed by atoms with Crippen LogP contribution in [-0.2, 0) is 0 Å². The first-order valence-electron chi connectivity index (χ1n) is 6.36. The number of aromatic nitrogens is 1. The fourth-order valence-corrected chi connectivity index (χ4v) is 3.41. The predicted molar refractivity (Wildman–Crippen MR) is 85.9 cm³/mol. The molecule has 0 saturated carbocycles. The number of fused-ring (bicyclic) bond motifs is 1. The molecule has 0 atom stereocenters. The fourth-order valence-electron chi connectivity index (χ4n) is 2.42. The van der Waals surface area contributed by atoms with Crippen molar-refractivity contribution >= 4 is 39.0 Å². The van der Waals surface area contributed by atoms with E-state index in [1.165, 1.54) is 0 Å². The smallest absolute Gasteiger partial charge is 0.290 e. The highest BCUT2D eigenvalue weighted by Gasteiger charge is 2.25. The second kappa shape index (κ2) is 5.02. The van der Waals surface area contributed by atoms with Crippen molar-refractivity contribution in [2.45, 2.75) is 0 Å². The van der Waals surface area contributed by atoms with E-state index in [2.05, 4.69) is 11.1 Å². The third-order valence-electron chi connectivity index (χ3n) is 3.36. The van der Waals surface area contributed by atoms with Gasteiger partial charge in [0.1, 0.15) is 16.5 Å². The van der Waals surface area contributed by atoms with Crippen LogP contribution in [0.2, 0.25) is 0 Å². The maximum atomic E-state index is 11.5. The summed E-state index contributed by atoms with van der Waals surface area (Å²) in [6.07, 6.45) is 0. The zero-order valence-electron chi connectivity index (χ0n) is 11.4. The number of rotatable bonds is 2. The number of thiophene rings is 1. The number of benzene rings is 1. The lowest BCUT2D eigenvalue weighted by molar-refractivity contribution is -0.323. The third kappa shape index (κ3) is 1.94. The lowest BCUT2D eigenvalue weighted by Crippen LogP contribution is -2.13. The van der Waals surface area contributed by atoms with Crippen LogP contribution in [-0.4, -0.2) is 5.91 Å². The Hall–Kier alpha value is -3.11. The maximum absolute atomic E-state index is 11.5. The number of primary amides is 1. The molecule has 7 N–H and O–H groups in total. The van der Waals surface area contributed by atoms with Gasteiger partial charge in [-0.05, 0) is 5.56 Å². The van der Waals surface area contributed by atoms with Crippen LogP contribution in [0.3, 0.4) is 0 Å². The molecule has 0 saturated heterocycles. The summed E-state index contributed by atoms with van der Waals surface area (Å²) in [6.45, 7) is 0. The summed E-state index contributed by atoms with van der Waals surface area (Å²) < 4.78 is 0. The van der Waals surface area contributed by atoms with Gasteiger partial charge in [0.25, 0.3) is 11.7 Å². The van der Waals surface area contributed by atoms with Crippen LogP contribution in [0, 0.1) is 11.3 Å². The number of aromatic amines is 1. The lowest BCUT2D eigenvalue weighted by atomic mass is 9.97. The minimum atomic E-state index is -0.608.